The van der Waals surface area contributed by atoms with Crippen molar-refractivity contribution in [2.45, 2.75) is 20.4 Å². The van der Waals surface area contributed by atoms with E-state index < -0.39 is 0 Å². The third kappa shape index (κ3) is 3.71. The fourth-order valence-corrected chi connectivity index (χ4v) is 4.79. The normalized spacial score (nSPS) is 12.3. The minimum Gasteiger partial charge on any atom is -0.380 e. The number of aromatic nitrogens is 2. The summed E-state index contributed by atoms with van der Waals surface area (Å²) >= 11 is 3.06. The highest BCUT2D eigenvalue weighted by atomic mass is 32.1. The Morgan fingerprint density at radius 2 is 2.11 bits per heavy atom. The number of aryl methyl sites for hydroxylation is 1. The standard InChI is InChI=1S/C20H19N3O2S2/c1-3-25-9-8-23-16-7-4-13(2)10-18(16)27-20(23)22-19(24)14-5-6-15-17(11-14)26-12-21-15/h4-7,10-12H,3,8-9H2,1-2H3. The van der Waals surface area contributed by atoms with Crippen molar-refractivity contribution in [2.24, 2.45) is 4.99 Å². The van der Waals surface area contributed by atoms with E-state index in [1.807, 2.05) is 19.1 Å². The predicted octanol–water partition coefficient (Wildman–Crippen LogP) is 4.40. The first-order valence-corrected chi connectivity index (χ1v) is 10.5. The Morgan fingerprint density at radius 3 is 2.96 bits per heavy atom. The van der Waals surface area contributed by atoms with Crippen LogP contribution in [-0.4, -0.2) is 28.7 Å². The molecule has 5 nitrogen and oxygen atoms in total. The number of thiazole rings is 2. The van der Waals surface area contributed by atoms with E-state index in [-0.39, 0.29) is 5.91 Å². The summed E-state index contributed by atoms with van der Waals surface area (Å²) in [5.41, 5.74) is 5.54. The third-order valence-corrected chi connectivity index (χ3v) is 6.11. The Labute approximate surface area is 164 Å². The molecule has 0 spiro atoms. The lowest BCUT2D eigenvalue weighted by atomic mass is 10.2. The summed E-state index contributed by atoms with van der Waals surface area (Å²) < 4.78 is 9.70. The molecule has 138 valence electrons. The molecule has 0 fully saturated rings. The van der Waals surface area contributed by atoms with Gasteiger partial charge in [-0.3, -0.25) is 4.79 Å². The first-order valence-electron chi connectivity index (χ1n) is 8.76. The molecular formula is C20H19N3O2S2. The lowest BCUT2D eigenvalue weighted by Crippen LogP contribution is -2.19. The Bertz CT molecular complexity index is 1190. The van der Waals surface area contributed by atoms with E-state index in [2.05, 4.69) is 39.7 Å². The van der Waals surface area contributed by atoms with Crippen LogP contribution in [0.4, 0.5) is 0 Å². The molecule has 7 heteroatoms. The second-order valence-electron chi connectivity index (χ2n) is 6.16. The molecule has 0 aliphatic carbocycles. The van der Waals surface area contributed by atoms with Gasteiger partial charge in [-0.1, -0.05) is 17.4 Å². The van der Waals surface area contributed by atoms with Gasteiger partial charge in [0.15, 0.2) is 4.80 Å². The lowest BCUT2D eigenvalue weighted by Gasteiger charge is -2.05. The van der Waals surface area contributed by atoms with Crippen LogP contribution >= 0.6 is 22.7 Å². The number of hydrogen-bond donors (Lipinski definition) is 0. The van der Waals surface area contributed by atoms with Crippen LogP contribution in [0.1, 0.15) is 22.8 Å². The Morgan fingerprint density at radius 1 is 1.22 bits per heavy atom. The van der Waals surface area contributed by atoms with E-state index in [1.54, 1.807) is 11.6 Å². The molecule has 27 heavy (non-hydrogen) atoms. The number of nitrogens with zero attached hydrogens (tertiary/aromatic N) is 3. The monoisotopic (exact) mass is 397 g/mol. The van der Waals surface area contributed by atoms with Crippen molar-refractivity contribution in [2.75, 3.05) is 13.2 Å². The quantitative estimate of drug-likeness (QED) is 0.469. The summed E-state index contributed by atoms with van der Waals surface area (Å²) in [6.07, 6.45) is 0. The number of hydrogen-bond acceptors (Lipinski definition) is 5. The van der Waals surface area contributed by atoms with E-state index in [9.17, 15) is 4.79 Å². The summed E-state index contributed by atoms with van der Waals surface area (Å²) in [6, 6.07) is 11.8. The molecule has 2 heterocycles. The van der Waals surface area contributed by atoms with E-state index in [1.165, 1.54) is 28.2 Å². The van der Waals surface area contributed by atoms with Crippen molar-refractivity contribution in [3.05, 3.63) is 57.8 Å². The first-order chi connectivity index (χ1) is 13.2. The van der Waals surface area contributed by atoms with Crippen molar-refractivity contribution in [1.82, 2.24) is 9.55 Å². The molecule has 0 unspecified atom stereocenters. The van der Waals surface area contributed by atoms with Crippen LogP contribution in [0.5, 0.6) is 0 Å². The molecular weight excluding hydrogens is 378 g/mol. The number of benzene rings is 2. The summed E-state index contributed by atoms with van der Waals surface area (Å²) in [5, 5.41) is 0. The van der Waals surface area contributed by atoms with Gasteiger partial charge in [-0.25, -0.2) is 4.98 Å². The summed E-state index contributed by atoms with van der Waals surface area (Å²) in [4.78, 5) is 22.2. The molecule has 4 aromatic rings. The van der Waals surface area contributed by atoms with Crippen molar-refractivity contribution >= 4 is 49.0 Å². The highest BCUT2D eigenvalue weighted by Gasteiger charge is 2.11. The van der Waals surface area contributed by atoms with E-state index in [0.29, 0.717) is 30.1 Å². The minimum atomic E-state index is -0.237. The van der Waals surface area contributed by atoms with Crippen LogP contribution in [0.15, 0.2) is 46.9 Å². The van der Waals surface area contributed by atoms with E-state index >= 15 is 0 Å². The molecule has 2 aromatic carbocycles. The van der Waals surface area contributed by atoms with Gasteiger partial charge in [0.25, 0.3) is 5.91 Å². The van der Waals surface area contributed by atoms with Gasteiger partial charge in [0.05, 0.1) is 32.6 Å². The maximum Gasteiger partial charge on any atom is 0.279 e. The topological polar surface area (TPSA) is 56.5 Å². The fourth-order valence-electron chi connectivity index (χ4n) is 2.92. The van der Waals surface area contributed by atoms with Gasteiger partial charge in [-0.2, -0.15) is 4.99 Å². The molecule has 0 radical (unpaired) electrons. The Balaban J connectivity index is 1.77. The zero-order chi connectivity index (χ0) is 18.8. The number of carbonyl (C=O) groups is 1. The second-order valence-corrected chi connectivity index (χ2v) is 8.05. The van der Waals surface area contributed by atoms with E-state index in [0.717, 1.165) is 20.4 Å². The number of ether oxygens (including phenoxy) is 1. The molecule has 4 rings (SSSR count). The molecule has 1 amide bonds. The van der Waals surface area contributed by atoms with Gasteiger partial charge in [-0.15, -0.1) is 11.3 Å². The van der Waals surface area contributed by atoms with Gasteiger partial charge in [0, 0.05) is 18.7 Å². The minimum absolute atomic E-state index is 0.237. The summed E-state index contributed by atoms with van der Waals surface area (Å²) in [7, 11) is 0. The van der Waals surface area contributed by atoms with Crippen LogP contribution in [0.25, 0.3) is 20.4 Å². The summed E-state index contributed by atoms with van der Waals surface area (Å²) in [6.45, 7) is 5.96. The predicted molar refractivity (Wildman–Crippen MR) is 111 cm³/mol. The number of carbonyl (C=O) groups excluding carboxylic acids is 1. The van der Waals surface area contributed by atoms with Crippen LogP contribution < -0.4 is 4.80 Å². The molecule has 0 bridgehead atoms. The summed E-state index contributed by atoms with van der Waals surface area (Å²) in [5.74, 6) is -0.237. The van der Waals surface area contributed by atoms with Gasteiger partial charge in [-0.05, 0) is 49.7 Å². The fraction of sp³-hybridized carbons (Fsp3) is 0.250. The second kappa shape index (κ2) is 7.72. The van der Waals surface area contributed by atoms with E-state index in [4.69, 9.17) is 4.74 Å². The van der Waals surface area contributed by atoms with Crippen molar-refractivity contribution < 1.29 is 9.53 Å². The molecule has 0 atom stereocenters. The average molecular weight is 398 g/mol. The average Bonchev–Trinajstić information content (AvgIpc) is 3.25. The highest BCUT2D eigenvalue weighted by Crippen LogP contribution is 2.21. The van der Waals surface area contributed by atoms with Gasteiger partial charge < -0.3 is 9.30 Å². The van der Waals surface area contributed by atoms with Crippen LogP contribution in [-0.2, 0) is 11.3 Å². The molecule has 0 saturated carbocycles. The zero-order valence-corrected chi connectivity index (χ0v) is 16.8. The third-order valence-electron chi connectivity index (χ3n) is 4.28. The maximum absolute atomic E-state index is 12.8. The smallest absolute Gasteiger partial charge is 0.279 e. The molecule has 0 saturated heterocycles. The number of rotatable bonds is 5. The molecule has 2 aromatic heterocycles. The Kier molecular flexibility index (Phi) is 5.15. The van der Waals surface area contributed by atoms with Crippen molar-refractivity contribution in [3.63, 3.8) is 0 Å². The van der Waals surface area contributed by atoms with Crippen LogP contribution in [0.2, 0.25) is 0 Å². The molecule has 0 aliphatic rings. The van der Waals surface area contributed by atoms with Gasteiger partial charge >= 0.3 is 0 Å². The number of fused-ring (bicyclic) bond motifs is 2. The van der Waals surface area contributed by atoms with Gasteiger partial charge in [0.1, 0.15) is 0 Å². The first kappa shape index (κ1) is 18.0. The zero-order valence-electron chi connectivity index (χ0n) is 15.1. The highest BCUT2D eigenvalue weighted by molar-refractivity contribution is 7.17. The van der Waals surface area contributed by atoms with Crippen LogP contribution in [0.3, 0.4) is 0 Å². The Hall–Kier alpha value is -2.35. The van der Waals surface area contributed by atoms with Crippen molar-refractivity contribution in [3.8, 4) is 0 Å². The SMILES string of the molecule is CCOCCn1c(=NC(=O)c2ccc3ncsc3c2)sc2cc(C)ccc21. The molecule has 0 N–H and O–H groups in total. The number of amides is 1. The van der Waals surface area contributed by atoms with Crippen LogP contribution in [0, 0.1) is 6.92 Å². The van der Waals surface area contributed by atoms with Crippen molar-refractivity contribution in [1.29, 1.82) is 0 Å². The maximum atomic E-state index is 12.8. The molecule has 0 aliphatic heterocycles. The largest absolute Gasteiger partial charge is 0.380 e. The lowest BCUT2D eigenvalue weighted by molar-refractivity contribution is 0.0997. The van der Waals surface area contributed by atoms with Gasteiger partial charge in [0.2, 0.25) is 0 Å².